The molecule has 0 heterocycles. The molecule has 16 heavy (non-hydrogen) atoms. The second kappa shape index (κ2) is 5.99. The zero-order chi connectivity index (χ0) is 12.9. The monoisotopic (exact) mass is 232 g/mol. The number of anilines is 1. The molecule has 1 aromatic rings. The third-order valence-corrected chi connectivity index (χ3v) is 1.87. The highest BCUT2D eigenvalue weighted by atomic mass is 19.1. The summed E-state index contributed by atoms with van der Waals surface area (Å²) >= 11 is 0. The number of nitrogens with one attached hydrogen (secondary N) is 1. The van der Waals surface area contributed by atoms with Crippen LogP contribution in [-0.4, -0.2) is 12.0 Å². The van der Waals surface area contributed by atoms with Crippen molar-refractivity contribution in [3.8, 4) is 0 Å². The van der Waals surface area contributed by atoms with Crippen LogP contribution in [0.1, 0.15) is 19.4 Å². The van der Waals surface area contributed by atoms with Crippen LogP contribution >= 0.6 is 0 Å². The molecule has 1 N–H and O–H groups in total. The van der Waals surface area contributed by atoms with Gasteiger partial charge in [-0.25, -0.2) is 4.39 Å². The van der Waals surface area contributed by atoms with Gasteiger partial charge in [0.15, 0.2) is 0 Å². The molecule has 90 valence electrons. The molecule has 0 aliphatic rings. The van der Waals surface area contributed by atoms with E-state index in [2.05, 4.69) is 5.32 Å². The van der Waals surface area contributed by atoms with Crippen LogP contribution in [-0.2, 0) is 0 Å². The SMILES string of the molecule is CC.CNc1cc(F)c(C)c(F)c1[N+](=O)[O-]. The fraction of sp³-hybridized carbons (Fsp3) is 0.400. The number of nitro benzene ring substituents is 1. The number of rotatable bonds is 2. The third-order valence-electron chi connectivity index (χ3n) is 1.87. The number of nitro groups is 1. The lowest BCUT2D eigenvalue weighted by Gasteiger charge is -2.05. The Hall–Kier alpha value is -1.72. The van der Waals surface area contributed by atoms with E-state index in [1.807, 2.05) is 13.8 Å². The smallest absolute Gasteiger partial charge is 0.328 e. The topological polar surface area (TPSA) is 55.2 Å². The van der Waals surface area contributed by atoms with Gasteiger partial charge in [-0.05, 0) is 6.92 Å². The Morgan fingerprint density at radius 2 is 1.88 bits per heavy atom. The Balaban J connectivity index is 0.00000106. The van der Waals surface area contributed by atoms with Crippen LogP contribution in [0.4, 0.5) is 20.2 Å². The van der Waals surface area contributed by atoms with Crippen LogP contribution < -0.4 is 5.32 Å². The number of benzene rings is 1. The van der Waals surface area contributed by atoms with E-state index in [4.69, 9.17) is 0 Å². The molecule has 0 atom stereocenters. The first-order valence-electron chi connectivity index (χ1n) is 4.79. The molecule has 4 nitrogen and oxygen atoms in total. The van der Waals surface area contributed by atoms with Crippen LogP contribution in [0.15, 0.2) is 6.07 Å². The van der Waals surface area contributed by atoms with Crippen LogP contribution in [0.2, 0.25) is 0 Å². The normalized spacial score (nSPS) is 9.12. The summed E-state index contributed by atoms with van der Waals surface area (Å²) in [5.74, 6) is -1.95. The van der Waals surface area contributed by atoms with Gasteiger partial charge in [0.05, 0.1) is 4.92 Å². The minimum Gasteiger partial charge on any atom is -0.382 e. The average molecular weight is 232 g/mol. The zero-order valence-corrected chi connectivity index (χ0v) is 9.60. The van der Waals surface area contributed by atoms with Crippen molar-refractivity contribution in [1.82, 2.24) is 0 Å². The molecule has 0 saturated heterocycles. The first-order chi connectivity index (χ1) is 7.49. The molecule has 6 heteroatoms. The number of hydrogen-bond acceptors (Lipinski definition) is 3. The second-order valence-corrected chi connectivity index (χ2v) is 2.70. The van der Waals surface area contributed by atoms with Crippen molar-refractivity contribution in [2.75, 3.05) is 12.4 Å². The van der Waals surface area contributed by atoms with E-state index in [0.29, 0.717) is 0 Å². The van der Waals surface area contributed by atoms with E-state index in [1.165, 1.54) is 7.05 Å². The molecule has 1 rings (SSSR count). The van der Waals surface area contributed by atoms with Gasteiger partial charge in [-0.1, -0.05) is 13.8 Å². The average Bonchev–Trinajstić information content (AvgIpc) is 2.27. The van der Waals surface area contributed by atoms with E-state index >= 15 is 0 Å². The van der Waals surface area contributed by atoms with E-state index in [9.17, 15) is 18.9 Å². The summed E-state index contributed by atoms with van der Waals surface area (Å²) in [5, 5.41) is 12.8. The Labute approximate surface area is 92.4 Å². The summed E-state index contributed by atoms with van der Waals surface area (Å²) in [4.78, 5) is 9.59. The molecular formula is C10H14F2N2O2. The highest BCUT2D eigenvalue weighted by Crippen LogP contribution is 2.31. The van der Waals surface area contributed by atoms with Gasteiger partial charge in [0.1, 0.15) is 11.5 Å². The first kappa shape index (κ1) is 14.3. The van der Waals surface area contributed by atoms with Crippen LogP contribution in [0.25, 0.3) is 0 Å². The Morgan fingerprint density at radius 3 is 2.25 bits per heavy atom. The zero-order valence-electron chi connectivity index (χ0n) is 9.60. The highest BCUT2D eigenvalue weighted by molar-refractivity contribution is 5.63. The van der Waals surface area contributed by atoms with Crippen LogP contribution in [0.5, 0.6) is 0 Å². The summed E-state index contributed by atoms with van der Waals surface area (Å²) in [6.45, 7) is 5.15. The van der Waals surface area contributed by atoms with Crippen LogP contribution in [0.3, 0.4) is 0 Å². The Kier molecular flexibility index (Phi) is 5.35. The maximum absolute atomic E-state index is 13.2. The summed E-state index contributed by atoms with van der Waals surface area (Å²) in [6, 6.07) is 0.899. The minimum absolute atomic E-state index is 0.171. The molecule has 0 aromatic heterocycles. The number of nitrogens with zero attached hydrogens (tertiary/aromatic N) is 1. The predicted octanol–water partition coefficient (Wildman–Crippen LogP) is 3.25. The van der Waals surface area contributed by atoms with Crippen LogP contribution in [0, 0.1) is 28.7 Å². The lowest BCUT2D eigenvalue weighted by Crippen LogP contribution is -2.03. The second-order valence-electron chi connectivity index (χ2n) is 2.70. The first-order valence-corrected chi connectivity index (χ1v) is 4.79. The molecule has 0 amide bonds. The van der Waals surface area contributed by atoms with Gasteiger partial charge in [-0.15, -0.1) is 0 Å². The standard InChI is InChI=1S/C8H8F2N2O2.C2H6/c1-4-5(9)3-6(11-2)8(7(4)10)12(13)14;1-2/h3,11H,1-2H3;1-2H3. The quantitative estimate of drug-likeness (QED) is 0.629. The van der Waals surface area contributed by atoms with Crippen molar-refractivity contribution < 1.29 is 13.7 Å². The van der Waals surface area contributed by atoms with Crippen molar-refractivity contribution in [1.29, 1.82) is 0 Å². The lowest BCUT2D eigenvalue weighted by molar-refractivity contribution is -0.386. The maximum atomic E-state index is 13.2. The van der Waals surface area contributed by atoms with Gasteiger partial charge >= 0.3 is 5.69 Å². The number of halogens is 2. The van der Waals surface area contributed by atoms with Gasteiger partial charge in [0, 0.05) is 18.7 Å². The van der Waals surface area contributed by atoms with Crippen molar-refractivity contribution in [3.63, 3.8) is 0 Å². The molecule has 1 aromatic carbocycles. The van der Waals surface area contributed by atoms with Crippen molar-refractivity contribution in [2.24, 2.45) is 0 Å². The highest BCUT2D eigenvalue weighted by Gasteiger charge is 2.24. The third kappa shape index (κ3) is 2.65. The van der Waals surface area contributed by atoms with E-state index < -0.39 is 22.2 Å². The molecule has 0 radical (unpaired) electrons. The molecular weight excluding hydrogens is 218 g/mol. The number of hydrogen-bond donors (Lipinski definition) is 1. The molecule has 0 saturated carbocycles. The Morgan fingerprint density at radius 1 is 1.38 bits per heavy atom. The molecule has 0 aliphatic heterocycles. The van der Waals surface area contributed by atoms with Gasteiger partial charge in [0.25, 0.3) is 0 Å². The predicted molar refractivity (Wildman–Crippen MR) is 58.6 cm³/mol. The van der Waals surface area contributed by atoms with E-state index in [-0.39, 0.29) is 11.3 Å². The summed E-state index contributed by atoms with van der Waals surface area (Å²) < 4.78 is 26.2. The largest absolute Gasteiger partial charge is 0.382 e. The van der Waals surface area contributed by atoms with Gasteiger partial charge < -0.3 is 5.32 Å². The summed E-state index contributed by atoms with van der Waals surface area (Å²) in [7, 11) is 1.36. The minimum atomic E-state index is -1.14. The molecule has 0 bridgehead atoms. The van der Waals surface area contributed by atoms with Gasteiger partial charge in [-0.2, -0.15) is 4.39 Å². The van der Waals surface area contributed by atoms with E-state index in [0.717, 1.165) is 13.0 Å². The lowest BCUT2D eigenvalue weighted by atomic mass is 10.1. The fourth-order valence-electron chi connectivity index (χ4n) is 1.07. The molecule has 0 spiro atoms. The van der Waals surface area contributed by atoms with Crippen molar-refractivity contribution in [2.45, 2.75) is 20.8 Å². The van der Waals surface area contributed by atoms with E-state index in [1.54, 1.807) is 0 Å². The molecule has 0 unspecified atom stereocenters. The van der Waals surface area contributed by atoms with Crippen molar-refractivity contribution in [3.05, 3.63) is 33.4 Å². The van der Waals surface area contributed by atoms with Crippen molar-refractivity contribution >= 4 is 11.4 Å². The fourth-order valence-corrected chi connectivity index (χ4v) is 1.07. The molecule has 0 aliphatic carbocycles. The maximum Gasteiger partial charge on any atom is 0.328 e. The Bertz CT molecular complexity index is 395. The summed E-state index contributed by atoms with van der Waals surface area (Å²) in [6.07, 6.45) is 0. The van der Waals surface area contributed by atoms with Gasteiger partial charge in [0.2, 0.25) is 5.82 Å². The summed E-state index contributed by atoms with van der Waals surface area (Å²) in [5.41, 5.74) is -1.25. The van der Waals surface area contributed by atoms with Gasteiger partial charge in [-0.3, -0.25) is 10.1 Å². The molecule has 0 fully saturated rings.